The summed E-state index contributed by atoms with van der Waals surface area (Å²) in [5.74, 6) is -1.84. The van der Waals surface area contributed by atoms with Gasteiger partial charge in [-0.2, -0.15) is 5.10 Å². The van der Waals surface area contributed by atoms with Gasteiger partial charge in [-0.25, -0.2) is 9.18 Å². The molecule has 2 aliphatic rings. The largest absolute Gasteiger partial charge is 0.348 e. The van der Waals surface area contributed by atoms with Crippen molar-refractivity contribution < 1.29 is 18.8 Å². The Hall–Kier alpha value is -3.01. The summed E-state index contributed by atoms with van der Waals surface area (Å²) in [7, 11) is 0. The minimum absolute atomic E-state index is 0.0518. The molecule has 0 spiro atoms. The van der Waals surface area contributed by atoms with Crippen molar-refractivity contribution in [3.05, 3.63) is 29.0 Å². The first-order chi connectivity index (χ1) is 12.9. The first-order valence-corrected chi connectivity index (χ1v) is 8.44. The van der Waals surface area contributed by atoms with Crippen molar-refractivity contribution >= 4 is 47.1 Å². The lowest BCUT2D eigenvalue weighted by Crippen LogP contribution is -2.57. The first kappa shape index (κ1) is 18.8. The Bertz CT molecular complexity index is 857. The predicted octanol–water partition coefficient (Wildman–Crippen LogP) is 1.00. The number of rotatable bonds is 7. The van der Waals surface area contributed by atoms with Gasteiger partial charge < -0.3 is 16.0 Å². The molecule has 0 unspecified atom stereocenters. The van der Waals surface area contributed by atoms with Crippen LogP contribution in [0, 0.1) is 17.1 Å². The molecule has 3 rings (SSSR count). The summed E-state index contributed by atoms with van der Waals surface area (Å²) in [6, 6.07) is 3.17. The molecule has 0 radical (unpaired) electrons. The smallest absolute Gasteiger partial charge is 0.322 e. The van der Waals surface area contributed by atoms with E-state index in [-0.39, 0.29) is 23.2 Å². The van der Waals surface area contributed by atoms with E-state index >= 15 is 0 Å². The number of carbonyl (C=O) groups excluding carboxylic acids is 3. The second-order valence-corrected chi connectivity index (χ2v) is 6.63. The summed E-state index contributed by atoms with van der Waals surface area (Å²) in [5.41, 5.74) is 1.38. The Morgan fingerprint density at radius 2 is 2.19 bits per heavy atom. The van der Waals surface area contributed by atoms with Crippen molar-refractivity contribution in [2.24, 2.45) is 11.0 Å². The normalized spacial score (nSPS) is 22.1. The number of halogens is 2. The van der Waals surface area contributed by atoms with Crippen molar-refractivity contribution in [1.29, 1.82) is 5.41 Å². The molecule has 2 fully saturated rings. The highest BCUT2D eigenvalue weighted by atomic mass is 35.5. The van der Waals surface area contributed by atoms with Crippen LogP contribution in [0.15, 0.2) is 23.3 Å². The molecule has 142 valence electrons. The van der Waals surface area contributed by atoms with E-state index in [0.29, 0.717) is 5.69 Å². The van der Waals surface area contributed by atoms with Gasteiger partial charge in [0.15, 0.2) is 5.71 Å². The highest BCUT2D eigenvalue weighted by molar-refractivity contribution is 6.60. The minimum atomic E-state index is -1.18. The Kier molecular flexibility index (Phi) is 5.08. The quantitative estimate of drug-likeness (QED) is 0.268. The monoisotopic (exact) mass is 394 g/mol. The van der Waals surface area contributed by atoms with Crippen LogP contribution >= 0.6 is 11.6 Å². The van der Waals surface area contributed by atoms with Gasteiger partial charge in [-0.1, -0.05) is 11.6 Å². The Labute approximate surface area is 158 Å². The second-order valence-electron chi connectivity index (χ2n) is 6.22. The highest BCUT2D eigenvalue weighted by Gasteiger charge is 2.56. The molecule has 1 atom stereocenters. The van der Waals surface area contributed by atoms with E-state index in [1.54, 1.807) is 0 Å². The molecule has 1 aromatic rings. The highest BCUT2D eigenvalue weighted by Crippen LogP contribution is 2.40. The van der Waals surface area contributed by atoms with Gasteiger partial charge in [0.2, 0.25) is 0 Å². The molecule has 1 aliphatic carbocycles. The van der Waals surface area contributed by atoms with Gasteiger partial charge in [-0.15, -0.1) is 0 Å². The molecule has 1 aromatic carbocycles. The van der Waals surface area contributed by atoms with E-state index in [1.807, 2.05) is 0 Å². The summed E-state index contributed by atoms with van der Waals surface area (Å²) >= 11 is 5.66. The molecule has 0 bridgehead atoms. The maximum atomic E-state index is 13.1. The van der Waals surface area contributed by atoms with Crippen LogP contribution in [0.5, 0.6) is 0 Å². The lowest BCUT2D eigenvalue weighted by molar-refractivity contribution is -0.125. The SMILES string of the molecule is N=C/C(=N\Nc1ccc(F)c(Cl)c1)C(=O)NC[C@@]1(C2CC2)NC(=O)NC1=O. The molecular weight excluding hydrogens is 379 g/mol. The molecule has 11 heteroatoms. The number of carbonyl (C=O) groups is 3. The Morgan fingerprint density at radius 3 is 2.74 bits per heavy atom. The Balaban J connectivity index is 1.66. The van der Waals surface area contributed by atoms with Crippen LogP contribution in [0.25, 0.3) is 0 Å². The van der Waals surface area contributed by atoms with Crippen LogP contribution in [0.4, 0.5) is 14.9 Å². The number of benzene rings is 1. The van der Waals surface area contributed by atoms with Gasteiger partial charge in [0, 0.05) is 0 Å². The van der Waals surface area contributed by atoms with Crippen LogP contribution in [0.2, 0.25) is 5.02 Å². The van der Waals surface area contributed by atoms with E-state index in [9.17, 15) is 18.8 Å². The lowest BCUT2D eigenvalue weighted by Gasteiger charge is -2.26. The summed E-state index contributed by atoms with van der Waals surface area (Å²) in [4.78, 5) is 35.9. The van der Waals surface area contributed by atoms with Gasteiger partial charge in [-0.3, -0.25) is 20.3 Å². The fourth-order valence-corrected chi connectivity index (χ4v) is 2.97. The van der Waals surface area contributed by atoms with E-state index in [2.05, 4.69) is 26.5 Å². The Morgan fingerprint density at radius 1 is 1.44 bits per heavy atom. The summed E-state index contributed by atoms with van der Waals surface area (Å²) in [6.45, 7) is -0.122. The minimum Gasteiger partial charge on any atom is -0.348 e. The van der Waals surface area contributed by atoms with Crippen LogP contribution in [0.3, 0.4) is 0 Å². The van der Waals surface area contributed by atoms with E-state index in [0.717, 1.165) is 25.1 Å². The van der Waals surface area contributed by atoms with E-state index < -0.39 is 29.2 Å². The van der Waals surface area contributed by atoms with Crippen LogP contribution in [0.1, 0.15) is 12.8 Å². The van der Waals surface area contributed by atoms with Crippen molar-refractivity contribution in [3.8, 4) is 0 Å². The molecular formula is C16H16ClFN6O3. The molecule has 5 N–H and O–H groups in total. The van der Waals surface area contributed by atoms with Crippen molar-refractivity contribution in [2.75, 3.05) is 12.0 Å². The number of nitrogens with one attached hydrogen (secondary N) is 5. The molecule has 0 aromatic heterocycles. The van der Waals surface area contributed by atoms with Crippen LogP contribution in [-0.4, -0.2) is 41.9 Å². The number of imide groups is 1. The maximum Gasteiger partial charge on any atom is 0.322 e. The van der Waals surface area contributed by atoms with Gasteiger partial charge in [0.05, 0.1) is 23.5 Å². The lowest BCUT2D eigenvalue weighted by atomic mass is 9.93. The fraction of sp³-hybridized carbons (Fsp3) is 0.312. The number of hydrogen-bond acceptors (Lipinski definition) is 6. The first-order valence-electron chi connectivity index (χ1n) is 8.07. The van der Waals surface area contributed by atoms with E-state index in [1.165, 1.54) is 12.1 Å². The average molecular weight is 395 g/mol. The van der Waals surface area contributed by atoms with Gasteiger partial charge >= 0.3 is 6.03 Å². The standard InChI is InChI=1S/C16H16ClFN6O3/c17-10-5-9(3-4-11(10)18)23-24-12(6-19)13(25)20-7-16(8-1-2-8)14(26)21-15(27)22-16/h3-6,8,19,23H,1-2,7H2,(H,20,25)(H2,21,22,26,27)/b19-6?,24-12+/t16-/m0/s1. The maximum absolute atomic E-state index is 13.1. The zero-order valence-corrected chi connectivity index (χ0v) is 14.7. The third-order valence-corrected chi connectivity index (χ3v) is 4.65. The summed E-state index contributed by atoms with van der Waals surface area (Å²) < 4.78 is 13.1. The van der Waals surface area contributed by atoms with Crippen molar-refractivity contribution in [1.82, 2.24) is 16.0 Å². The number of nitrogens with zero attached hydrogens (tertiary/aromatic N) is 1. The van der Waals surface area contributed by atoms with Crippen molar-refractivity contribution in [3.63, 3.8) is 0 Å². The topological polar surface area (TPSA) is 136 Å². The van der Waals surface area contributed by atoms with E-state index in [4.69, 9.17) is 17.0 Å². The van der Waals surface area contributed by atoms with Crippen LogP contribution < -0.4 is 21.4 Å². The molecule has 1 saturated carbocycles. The molecule has 1 heterocycles. The van der Waals surface area contributed by atoms with Crippen molar-refractivity contribution in [2.45, 2.75) is 18.4 Å². The summed E-state index contributed by atoms with van der Waals surface area (Å²) in [5, 5.41) is 18.3. The molecule has 1 aliphatic heterocycles. The summed E-state index contributed by atoms with van der Waals surface area (Å²) in [6.07, 6.45) is 2.26. The van der Waals surface area contributed by atoms with Gasteiger partial charge in [0.1, 0.15) is 11.4 Å². The predicted molar refractivity (Wildman–Crippen MR) is 96.4 cm³/mol. The molecule has 9 nitrogen and oxygen atoms in total. The number of hydrogen-bond donors (Lipinski definition) is 5. The number of amides is 4. The van der Waals surface area contributed by atoms with Gasteiger partial charge in [-0.05, 0) is 37.0 Å². The second kappa shape index (κ2) is 7.31. The zero-order valence-electron chi connectivity index (χ0n) is 13.9. The molecule has 4 amide bonds. The molecule has 27 heavy (non-hydrogen) atoms. The van der Waals surface area contributed by atoms with Crippen LogP contribution in [-0.2, 0) is 9.59 Å². The zero-order chi connectivity index (χ0) is 19.6. The third-order valence-electron chi connectivity index (χ3n) is 4.37. The number of urea groups is 1. The fourth-order valence-electron chi connectivity index (χ4n) is 2.79. The third kappa shape index (κ3) is 3.90. The number of anilines is 1. The molecule has 1 saturated heterocycles. The van der Waals surface area contributed by atoms with Gasteiger partial charge in [0.25, 0.3) is 11.8 Å². The average Bonchev–Trinajstić information content (AvgIpc) is 3.43. The number of hydrazone groups is 1.